The summed E-state index contributed by atoms with van der Waals surface area (Å²) in [6.45, 7) is 5.27. The van der Waals surface area contributed by atoms with Crippen molar-refractivity contribution in [1.29, 1.82) is 0 Å². The van der Waals surface area contributed by atoms with Gasteiger partial charge in [-0.2, -0.15) is 13.2 Å². The van der Waals surface area contributed by atoms with E-state index < -0.39 is 28.0 Å². The van der Waals surface area contributed by atoms with Gasteiger partial charge in [-0.1, -0.05) is 4.40 Å². The van der Waals surface area contributed by atoms with E-state index in [4.69, 9.17) is 0 Å². The summed E-state index contributed by atoms with van der Waals surface area (Å²) in [5.41, 5.74) is -0.586. The van der Waals surface area contributed by atoms with Crippen LogP contribution in [-0.2, 0) is 17.5 Å². The van der Waals surface area contributed by atoms with Gasteiger partial charge in [0.1, 0.15) is 21.8 Å². The van der Waals surface area contributed by atoms with E-state index in [9.17, 15) is 17.7 Å². The molecule has 0 spiro atoms. The van der Waals surface area contributed by atoms with Crippen LogP contribution in [0.5, 0.6) is 0 Å². The third-order valence-electron chi connectivity index (χ3n) is 1.90. The van der Waals surface area contributed by atoms with Gasteiger partial charge in [0.05, 0.1) is 6.21 Å². The molecular weight excluding hydrogens is 265 g/mol. The smallest absolute Gasteiger partial charge is 0.433 e. The molecule has 100 valence electrons. The van der Waals surface area contributed by atoms with Gasteiger partial charge in [0, 0.05) is 11.8 Å². The average Bonchev–Trinajstić information content (AvgIpc) is 2.24. The minimum Gasteiger partial charge on any atom is -0.591 e. The van der Waals surface area contributed by atoms with Gasteiger partial charge < -0.3 is 4.55 Å². The number of halogens is 3. The van der Waals surface area contributed by atoms with Gasteiger partial charge in [0.15, 0.2) is 0 Å². The monoisotopic (exact) mass is 278 g/mol. The Labute approximate surface area is 106 Å². The van der Waals surface area contributed by atoms with Crippen LogP contribution in [0.1, 0.15) is 32.0 Å². The summed E-state index contributed by atoms with van der Waals surface area (Å²) in [7, 11) is 0. The Balaban J connectivity index is 2.79. The molecule has 0 radical (unpaired) electrons. The van der Waals surface area contributed by atoms with E-state index in [1.165, 1.54) is 12.3 Å². The molecule has 0 saturated carbocycles. The van der Waals surface area contributed by atoms with Crippen molar-refractivity contribution in [2.75, 3.05) is 0 Å². The van der Waals surface area contributed by atoms with Crippen molar-refractivity contribution in [3.05, 3.63) is 29.6 Å². The highest BCUT2D eigenvalue weighted by Gasteiger charge is 2.32. The SMILES string of the molecule is CC(C)(C)[S+]([O-])/N=C/c1ccc(C(F)(F)F)nc1. The van der Waals surface area contributed by atoms with Gasteiger partial charge >= 0.3 is 6.18 Å². The van der Waals surface area contributed by atoms with Gasteiger partial charge in [-0.25, -0.2) is 0 Å². The van der Waals surface area contributed by atoms with Gasteiger partial charge in [0.25, 0.3) is 0 Å². The zero-order valence-electron chi connectivity index (χ0n) is 10.2. The molecular formula is C11H13F3N2OS. The highest BCUT2D eigenvalue weighted by Crippen LogP contribution is 2.27. The fraction of sp³-hybridized carbons (Fsp3) is 0.455. The van der Waals surface area contributed by atoms with Gasteiger partial charge in [-0.3, -0.25) is 4.98 Å². The number of hydrogen-bond donors (Lipinski definition) is 0. The summed E-state index contributed by atoms with van der Waals surface area (Å²) in [6, 6.07) is 2.10. The summed E-state index contributed by atoms with van der Waals surface area (Å²) >= 11 is -1.44. The molecule has 3 nitrogen and oxygen atoms in total. The van der Waals surface area contributed by atoms with E-state index in [-0.39, 0.29) is 0 Å². The van der Waals surface area contributed by atoms with Gasteiger partial charge in [-0.05, 0) is 32.9 Å². The second kappa shape index (κ2) is 5.27. The molecule has 1 atom stereocenters. The standard InChI is InChI=1S/C11H13F3N2OS/c1-10(2,3)18(17)16-7-8-4-5-9(15-6-8)11(12,13)14/h4-7H,1-3H3/b16-7+. The minimum absolute atomic E-state index is 0.376. The van der Waals surface area contributed by atoms with Crippen LogP contribution in [0.4, 0.5) is 13.2 Å². The largest absolute Gasteiger partial charge is 0.591 e. The maximum atomic E-state index is 12.2. The number of pyridine rings is 1. The molecule has 0 aliphatic heterocycles. The fourth-order valence-electron chi connectivity index (χ4n) is 0.916. The first kappa shape index (κ1) is 15.0. The van der Waals surface area contributed by atoms with E-state index in [1.807, 2.05) is 0 Å². The third kappa shape index (κ3) is 4.30. The second-order valence-electron chi connectivity index (χ2n) is 4.57. The molecule has 0 saturated heterocycles. The molecule has 18 heavy (non-hydrogen) atoms. The van der Waals surface area contributed by atoms with Gasteiger partial charge in [0.2, 0.25) is 0 Å². The maximum absolute atomic E-state index is 12.2. The molecule has 7 heteroatoms. The molecule has 0 bridgehead atoms. The van der Waals surface area contributed by atoms with Crippen LogP contribution in [0.2, 0.25) is 0 Å². The molecule has 1 heterocycles. The Morgan fingerprint density at radius 1 is 1.28 bits per heavy atom. The summed E-state index contributed by atoms with van der Waals surface area (Å²) in [4.78, 5) is 3.27. The quantitative estimate of drug-likeness (QED) is 0.617. The van der Waals surface area contributed by atoms with Crippen LogP contribution in [-0.4, -0.2) is 20.5 Å². The average molecular weight is 278 g/mol. The Hall–Kier alpha value is -1.08. The molecule has 0 aliphatic rings. The van der Waals surface area contributed by atoms with E-state index in [1.54, 1.807) is 20.8 Å². The zero-order valence-corrected chi connectivity index (χ0v) is 11.0. The zero-order chi connectivity index (χ0) is 14.0. The second-order valence-corrected chi connectivity index (χ2v) is 6.50. The molecule has 1 aromatic heterocycles. The van der Waals surface area contributed by atoms with Crippen molar-refractivity contribution >= 4 is 17.6 Å². The lowest BCUT2D eigenvalue weighted by molar-refractivity contribution is -0.141. The van der Waals surface area contributed by atoms with Crippen LogP contribution in [0, 0.1) is 0 Å². The van der Waals surface area contributed by atoms with Crippen LogP contribution in [0.25, 0.3) is 0 Å². The predicted molar refractivity (Wildman–Crippen MR) is 64.7 cm³/mol. The Morgan fingerprint density at radius 3 is 2.28 bits per heavy atom. The molecule has 1 rings (SSSR count). The molecule has 0 fully saturated rings. The number of hydrogen-bond acceptors (Lipinski definition) is 3. The number of aromatic nitrogens is 1. The van der Waals surface area contributed by atoms with Crippen molar-refractivity contribution in [3.8, 4) is 0 Å². The molecule has 1 aromatic rings. The van der Waals surface area contributed by atoms with E-state index in [0.29, 0.717) is 5.56 Å². The Kier molecular flexibility index (Phi) is 4.39. The molecule has 0 N–H and O–H groups in total. The van der Waals surface area contributed by atoms with E-state index in [0.717, 1.165) is 12.3 Å². The maximum Gasteiger partial charge on any atom is 0.433 e. The summed E-state index contributed by atoms with van der Waals surface area (Å²) < 4.78 is 51.6. The normalized spacial score (nSPS) is 15.1. The molecule has 1 unspecified atom stereocenters. The lowest BCUT2D eigenvalue weighted by atomic mass is 10.2. The first-order chi connectivity index (χ1) is 8.10. The van der Waals surface area contributed by atoms with Crippen LogP contribution < -0.4 is 0 Å². The fourth-order valence-corrected chi connectivity index (χ4v) is 1.45. The first-order valence-electron chi connectivity index (χ1n) is 5.10. The summed E-state index contributed by atoms with van der Waals surface area (Å²) in [5.74, 6) is 0. The summed E-state index contributed by atoms with van der Waals surface area (Å²) in [5, 5.41) is 0. The van der Waals surface area contributed by atoms with Crippen LogP contribution in [0.3, 0.4) is 0 Å². The Bertz CT molecular complexity index is 423. The molecule has 0 amide bonds. The van der Waals surface area contributed by atoms with Crippen molar-refractivity contribution in [3.63, 3.8) is 0 Å². The Morgan fingerprint density at radius 2 is 1.89 bits per heavy atom. The third-order valence-corrected chi connectivity index (χ3v) is 3.24. The predicted octanol–water partition coefficient (Wildman–Crippen LogP) is 2.98. The van der Waals surface area contributed by atoms with Crippen molar-refractivity contribution in [1.82, 2.24) is 4.98 Å². The van der Waals surface area contributed by atoms with Crippen molar-refractivity contribution in [2.24, 2.45) is 4.40 Å². The first-order valence-corrected chi connectivity index (χ1v) is 6.21. The number of alkyl halides is 3. The topological polar surface area (TPSA) is 48.3 Å². The summed E-state index contributed by atoms with van der Waals surface area (Å²) in [6.07, 6.45) is -2.15. The lowest BCUT2D eigenvalue weighted by Crippen LogP contribution is -2.25. The molecule has 0 aliphatic carbocycles. The number of nitrogens with zero attached hydrogens (tertiary/aromatic N) is 2. The van der Waals surface area contributed by atoms with Crippen molar-refractivity contribution in [2.45, 2.75) is 31.7 Å². The highest BCUT2D eigenvalue weighted by molar-refractivity contribution is 7.91. The van der Waals surface area contributed by atoms with Crippen LogP contribution in [0.15, 0.2) is 22.7 Å². The van der Waals surface area contributed by atoms with Crippen LogP contribution >= 0.6 is 0 Å². The van der Waals surface area contributed by atoms with Gasteiger partial charge in [-0.15, -0.1) is 0 Å². The lowest BCUT2D eigenvalue weighted by Gasteiger charge is -2.17. The number of rotatable bonds is 2. The van der Waals surface area contributed by atoms with E-state index >= 15 is 0 Å². The van der Waals surface area contributed by atoms with E-state index in [2.05, 4.69) is 9.38 Å². The highest BCUT2D eigenvalue weighted by atomic mass is 32.2. The minimum atomic E-state index is -4.45. The molecule has 0 aromatic carbocycles. The van der Waals surface area contributed by atoms with Crippen molar-refractivity contribution < 1.29 is 17.7 Å².